The standard InChI is InChI=1S/C24H34FN5O2.HI/c1-24(2,3)32-23(31)30-18-6-7-19(30)13-17(12-18)29-22(26-4)27-10-9-15-14-28-21-8-5-16(25)11-20(15)21;/h5,8,11,14,17-19,28H,6-7,9-10,12-13H2,1-4H3,(H2,26,27,29);1H. The summed E-state index contributed by atoms with van der Waals surface area (Å²) in [5.41, 5.74) is 1.54. The number of nitrogens with zero attached hydrogens (tertiary/aromatic N) is 2. The Kier molecular flexibility index (Phi) is 8.13. The number of carbonyl (C=O) groups is 1. The largest absolute Gasteiger partial charge is 0.444 e. The van der Waals surface area contributed by atoms with Crippen molar-refractivity contribution in [3.63, 3.8) is 0 Å². The predicted molar refractivity (Wildman–Crippen MR) is 140 cm³/mol. The van der Waals surface area contributed by atoms with Crippen LogP contribution in [0.5, 0.6) is 0 Å². The first-order valence-corrected chi connectivity index (χ1v) is 11.5. The molecule has 9 heteroatoms. The van der Waals surface area contributed by atoms with Gasteiger partial charge >= 0.3 is 6.09 Å². The van der Waals surface area contributed by atoms with E-state index in [4.69, 9.17) is 4.74 Å². The molecule has 182 valence electrons. The van der Waals surface area contributed by atoms with Gasteiger partial charge in [-0.25, -0.2) is 9.18 Å². The van der Waals surface area contributed by atoms with Crippen LogP contribution in [0.1, 0.15) is 52.0 Å². The van der Waals surface area contributed by atoms with Crippen LogP contribution in [0.2, 0.25) is 0 Å². The molecule has 4 rings (SSSR count). The molecule has 2 unspecified atom stereocenters. The van der Waals surface area contributed by atoms with Gasteiger partial charge in [-0.1, -0.05) is 0 Å². The summed E-state index contributed by atoms with van der Waals surface area (Å²) in [5.74, 6) is 0.530. The van der Waals surface area contributed by atoms with Crippen molar-refractivity contribution in [2.75, 3.05) is 13.6 Å². The summed E-state index contributed by atoms with van der Waals surface area (Å²) in [5, 5.41) is 7.83. The molecular formula is C24H35FIN5O2. The molecule has 2 aliphatic heterocycles. The monoisotopic (exact) mass is 571 g/mol. The molecule has 2 saturated heterocycles. The average molecular weight is 571 g/mol. The number of piperidine rings is 1. The Hall–Kier alpha value is -2.04. The molecule has 33 heavy (non-hydrogen) atoms. The maximum absolute atomic E-state index is 13.6. The van der Waals surface area contributed by atoms with Gasteiger partial charge in [-0.15, -0.1) is 24.0 Å². The lowest BCUT2D eigenvalue weighted by Gasteiger charge is -2.40. The number of guanidine groups is 1. The molecule has 0 spiro atoms. The van der Waals surface area contributed by atoms with Crippen LogP contribution in [-0.2, 0) is 11.2 Å². The van der Waals surface area contributed by atoms with Crippen LogP contribution < -0.4 is 10.6 Å². The molecular weight excluding hydrogens is 536 g/mol. The zero-order valence-electron chi connectivity index (χ0n) is 19.8. The first-order valence-electron chi connectivity index (χ1n) is 11.5. The van der Waals surface area contributed by atoms with Crippen LogP contribution >= 0.6 is 24.0 Å². The van der Waals surface area contributed by atoms with Crippen molar-refractivity contribution in [3.05, 3.63) is 35.8 Å². The van der Waals surface area contributed by atoms with E-state index in [0.717, 1.165) is 54.5 Å². The molecule has 2 bridgehead atoms. The van der Waals surface area contributed by atoms with Crippen molar-refractivity contribution >= 4 is 46.9 Å². The van der Waals surface area contributed by atoms with Gasteiger partial charge in [0.25, 0.3) is 0 Å². The fourth-order valence-electron chi connectivity index (χ4n) is 4.97. The van der Waals surface area contributed by atoms with E-state index in [0.29, 0.717) is 6.54 Å². The van der Waals surface area contributed by atoms with E-state index < -0.39 is 5.60 Å². The van der Waals surface area contributed by atoms with Crippen molar-refractivity contribution in [3.8, 4) is 0 Å². The molecule has 2 atom stereocenters. The minimum absolute atomic E-state index is 0. The number of H-pyrrole nitrogens is 1. The Bertz CT molecular complexity index is 988. The number of fused-ring (bicyclic) bond motifs is 3. The number of aromatic nitrogens is 1. The summed E-state index contributed by atoms with van der Waals surface area (Å²) in [6.45, 7) is 6.41. The maximum atomic E-state index is 13.6. The molecule has 1 aromatic heterocycles. The number of benzene rings is 1. The number of ether oxygens (including phenoxy) is 1. The van der Waals surface area contributed by atoms with Crippen LogP contribution in [-0.4, -0.2) is 59.3 Å². The van der Waals surface area contributed by atoms with E-state index in [1.54, 1.807) is 19.2 Å². The zero-order chi connectivity index (χ0) is 22.9. The van der Waals surface area contributed by atoms with Gasteiger partial charge < -0.3 is 25.3 Å². The van der Waals surface area contributed by atoms with Crippen molar-refractivity contribution in [2.24, 2.45) is 4.99 Å². The number of amides is 1. The van der Waals surface area contributed by atoms with Gasteiger partial charge in [-0.05, 0) is 76.6 Å². The highest BCUT2D eigenvalue weighted by Crippen LogP contribution is 2.36. The first-order chi connectivity index (χ1) is 15.2. The van der Waals surface area contributed by atoms with Crippen LogP contribution in [0.25, 0.3) is 10.9 Å². The summed E-state index contributed by atoms with van der Waals surface area (Å²) in [6.07, 6.45) is 6.31. The van der Waals surface area contributed by atoms with E-state index in [2.05, 4.69) is 20.6 Å². The van der Waals surface area contributed by atoms with Crippen molar-refractivity contribution in [2.45, 2.75) is 76.6 Å². The Labute approximate surface area is 211 Å². The Morgan fingerprint density at radius 2 is 1.97 bits per heavy atom. The van der Waals surface area contributed by atoms with Gasteiger partial charge in [0.15, 0.2) is 5.96 Å². The van der Waals surface area contributed by atoms with Gasteiger partial charge in [0, 0.05) is 48.8 Å². The van der Waals surface area contributed by atoms with Gasteiger partial charge in [0.1, 0.15) is 11.4 Å². The summed E-state index contributed by atoms with van der Waals surface area (Å²) in [7, 11) is 1.76. The minimum atomic E-state index is -0.478. The Morgan fingerprint density at radius 3 is 2.61 bits per heavy atom. The number of rotatable bonds is 4. The molecule has 2 aromatic rings. The topological polar surface area (TPSA) is 81.8 Å². The lowest BCUT2D eigenvalue weighted by atomic mass is 9.98. The first kappa shape index (κ1) is 25.6. The van der Waals surface area contributed by atoms with Crippen molar-refractivity contribution < 1.29 is 13.9 Å². The van der Waals surface area contributed by atoms with E-state index >= 15 is 0 Å². The molecule has 7 nitrogen and oxygen atoms in total. The minimum Gasteiger partial charge on any atom is -0.444 e. The average Bonchev–Trinajstić information content (AvgIpc) is 3.24. The zero-order valence-corrected chi connectivity index (χ0v) is 22.1. The lowest BCUT2D eigenvalue weighted by Crippen LogP contribution is -2.55. The van der Waals surface area contributed by atoms with Gasteiger partial charge in [0.2, 0.25) is 0 Å². The van der Waals surface area contributed by atoms with Crippen LogP contribution in [0.3, 0.4) is 0 Å². The second-order valence-electron chi connectivity index (χ2n) is 9.84. The van der Waals surface area contributed by atoms with E-state index in [1.807, 2.05) is 31.9 Å². The van der Waals surface area contributed by atoms with E-state index in [-0.39, 0.29) is 54.0 Å². The molecule has 3 N–H and O–H groups in total. The van der Waals surface area contributed by atoms with E-state index in [1.165, 1.54) is 6.07 Å². The predicted octanol–water partition coefficient (Wildman–Crippen LogP) is 4.56. The number of hydrogen-bond donors (Lipinski definition) is 3. The molecule has 2 aliphatic rings. The highest BCUT2D eigenvalue weighted by Gasteiger charge is 2.45. The number of nitrogens with one attached hydrogen (secondary N) is 3. The third-order valence-corrected chi connectivity index (χ3v) is 6.32. The summed E-state index contributed by atoms with van der Waals surface area (Å²) >= 11 is 0. The molecule has 0 saturated carbocycles. The molecule has 0 aliphatic carbocycles. The quantitative estimate of drug-likeness (QED) is 0.286. The Balaban J connectivity index is 0.00000306. The summed E-state index contributed by atoms with van der Waals surface area (Å²) in [4.78, 5) is 22.2. The number of aliphatic imine (C=N–C) groups is 1. The molecule has 3 heterocycles. The normalized spacial score (nSPS) is 22.8. The summed E-state index contributed by atoms with van der Waals surface area (Å²) < 4.78 is 19.2. The summed E-state index contributed by atoms with van der Waals surface area (Å²) in [6, 6.07) is 5.48. The van der Waals surface area contributed by atoms with Gasteiger partial charge in [0.05, 0.1) is 0 Å². The van der Waals surface area contributed by atoms with Gasteiger partial charge in [-0.2, -0.15) is 0 Å². The van der Waals surface area contributed by atoms with Crippen molar-refractivity contribution in [1.82, 2.24) is 20.5 Å². The second-order valence-corrected chi connectivity index (χ2v) is 9.84. The van der Waals surface area contributed by atoms with E-state index in [9.17, 15) is 9.18 Å². The number of aromatic amines is 1. The molecule has 1 aromatic carbocycles. The van der Waals surface area contributed by atoms with Crippen LogP contribution in [0, 0.1) is 5.82 Å². The van der Waals surface area contributed by atoms with Crippen LogP contribution in [0.4, 0.5) is 9.18 Å². The van der Waals surface area contributed by atoms with Gasteiger partial charge in [-0.3, -0.25) is 4.99 Å². The smallest absolute Gasteiger partial charge is 0.410 e. The fraction of sp³-hybridized carbons (Fsp3) is 0.583. The molecule has 0 radical (unpaired) electrons. The highest BCUT2D eigenvalue weighted by molar-refractivity contribution is 14.0. The lowest BCUT2D eigenvalue weighted by molar-refractivity contribution is 0.00545. The third kappa shape index (κ3) is 6.10. The molecule has 2 fully saturated rings. The number of carbonyl (C=O) groups excluding carboxylic acids is 1. The third-order valence-electron chi connectivity index (χ3n) is 6.32. The van der Waals surface area contributed by atoms with Crippen LogP contribution in [0.15, 0.2) is 29.4 Å². The second kappa shape index (κ2) is 10.5. The van der Waals surface area contributed by atoms with Crippen molar-refractivity contribution in [1.29, 1.82) is 0 Å². The number of halogens is 2. The maximum Gasteiger partial charge on any atom is 0.410 e. The fourth-order valence-corrected chi connectivity index (χ4v) is 4.97. The molecule has 1 amide bonds. The SMILES string of the molecule is CN=C(NCCc1c[nH]c2ccc(F)cc12)NC1CC2CCC(C1)N2C(=O)OC(C)(C)C.I. The Morgan fingerprint density at radius 1 is 1.27 bits per heavy atom. The number of hydrogen-bond acceptors (Lipinski definition) is 3. The highest BCUT2D eigenvalue weighted by atomic mass is 127.